The SMILES string of the molecule is Oc1ccccc1-c1c2ccccc2c(-c2ccccc2O)c2ccccc12. The third-order valence-electron chi connectivity index (χ3n) is 5.28. The predicted molar refractivity (Wildman–Crippen MR) is 116 cm³/mol. The van der Waals surface area contributed by atoms with Crippen LogP contribution in [0.3, 0.4) is 0 Å². The molecular formula is C26H18O2. The molecule has 28 heavy (non-hydrogen) atoms. The molecule has 2 N–H and O–H groups in total. The smallest absolute Gasteiger partial charge is 0.123 e. The Morgan fingerprint density at radius 1 is 0.357 bits per heavy atom. The summed E-state index contributed by atoms with van der Waals surface area (Å²) in [5, 5.41) is 25.3. The minimum absolute atomic E-state index is 0.258. The molecule has 0 saturated carbocycles. The molecule has 0 heterocycles. The van der Waals surface area contributed by atoms with Crippen molar-refractivity contribution in [3.8, 4) is 33.8 Å². The van der Waals surface area contributed by atoms with Crippen LogP contribution in [0.15, 0.2) is 97.1 Å². The third-order valence-corrected chi connectivity index (χ3v) is 5.28. The van der Waals surface area contributed by atoms with E-state index >= 15 is 0 Å². The van der Waals surface area contributed by atoms with Gasteiger partial charge in [-0.05, 0) is 33.7 Å². The molecule has 0 saturated heterocycles. The van der Waals surface area contributed by atoms with Gasteiger partial charge in [0.05, 0.1) is 0 Å². The molecule has 0 fully saturated rings. The van der Waals surface area contributed by atoms with Gasteiger partial charge < -0.3 is 10.2 Å². The minimum Gasteiger partial charge on any atom is -0.507 e. The van der Waals surface area contributed by atoms with E-state index in [9.17, 15) is 10.2 Å². The van der Waals surface area contributed by atoms with Crippen molar-refractivity contribution in [3.63, 3.8) is 0 Å². The summed E-state index contributed by atoms with van der Waals surface area (Å²) in [6.45, 7) is 0. The van der Waals surface area contributed by atoms with Crippen molar-refractivity contribution in [2.24, 2.45) is 0 Å². The third kappa shape index (κ3) is 2.43. The molecule has 0 atom stereocenters. The summed E-state index contributed by atoms with van der Waals surface area (Å²) in [5.41, 5.74) is 3.62. The van der Waals surface area contributed by atoms with Crippen molar-refractivity contribution in [3.05, 3.63) is 97.1 Å². The van der Waals surface area contributed by atoms with Gasteiger partial charge in [-0.25, -0.2) is 0 Å². The molecule has 2 heteroatoms. The quantitative estimate of drug-likeness (QED) is 0.341. The van der Waals surface area contributed by atoms with E-state index in [2.05, 4.69) is 24.3 Å². The van der Waals surface area contributed by atoms with E-state index in [0.29, 0.717) is 0 Å². The molecule has 0 bridgehead atoms. The van der Waals surface area contributed by atoms with Crippen molar-refractivity contribution < 1.29 is 10.2 Å². The fourth-order valence-electron chi connectivity index (χ4n) is 4.08. The van der Waals surface area contributed by atoms with E-state index in [4.69, 9.17) is 0 Å². The Morgan fingerprint density at radius 2 is 0.643 bits per heavy atom. The number of phenols is 2. The van der Waals surface area contributed by atoms with Gasteiger partial charge in [-0.3, -0.25) is 0 Å². The van der Waals surface area contributed by atoms with Gasteiger partial charge in [0.1, 0.15) is 11.5 Å². The highest BCUT2D eigenvalue weighted by molar-refractivity contribution is 6.22. The molecule has 0 radical (unpaired) electrons. The molecule has 0 aliphatic heterocycles. The molecule has 0 spiro atoms. The normalized spacial score (nSPS) is 11.1. The van der Waals surface area contributed by atoms with Crippen LogP contribution in [-0.4, -0.2) is 10.2 Å². The van der Waals surface area contributed by atoms with Crippen LogP contribution in [0.1, 0.15) is 0 Å². The summed E-state index contributed by atoms with van der Waals surface area (Å²) < 4.78 is 0. The van der Waals surface area contributed by atoms with Crippen LogP contribution in [0.25, 0.3) is 43.8 Å². The monoisotopic (exact) mass is 362 g/mol. The topological polar surface area (TPSA) is 40.5 Å². The molecule has 134 valence electrons. The van der Waals surface area contributed by atoms with Gasteiger partial charge in [0, 0.05) is 22.3 Å². The zero-order valence-electron chi connectivity index (χ0n) is 15.1. The standard InChI is InChI=1S/C26H18O2/c27-23-15-7-5-13-21(23)25-17-9-1-2-10-18(17)26(20-12-4-3-11-19(20)25)22-14-6-8-16-24(22)28/h1-16,27-28H. The summed E-state index contributed by atoms with van der Waals surface area (Å²) in [6.07, 6.45) is 0. The first-order valence-electron chi connectivity index (χ1n) is 9.26. The molecule has 0 aliphatic carbocycles. The Kier molecular flexibility index (Phi) is 3.77. The van der Waals surface area contributed by atoms with Crippen LogP contribution in [0.5, 0.6) is 11.5 Å². The minimum atomic E-state index is 0.258. The van der Waals surface area contributed by atoms with Gasteiger partial charge in [0.15, 0.2) is 0 Å². The molecule has 0 amide bonds. The maximum atomic E-state index is 10.6. The zero-order chi connectivity index (χ0) is 19.1. The number of hydrogen-bond acceptors (Lipinski definition) is 2. The highest BCUT2D eigenvalue weighted by Gasteiger charge is 2.18. The summed E-state index contributed by atoms with van der Waals surface area (Å²) in [4.78, 5) is 0. The number of fused-ring (bicyclic) bond motifs is 2. The van der Waals surface area contributed by atoms with Gasteiger partial charge in [0.25, 0.3) is 0 Å². The molecule has 0 aliphatic rings. The lowest BCUT2D eigenvalue weighted by Crippen LogP contribution is -1.91. The van der Waals surface area contributed by atoms with Crippen molar-refractivity contribution >= 4 is 21.5 Å². The van der Waals surface area contributed by atoms with Crippen LogP contribution < -0.4 is 0 Å². The van der Waals surface area contributed by atoms with Crippen molar-refractivity contribution in [2.75, 3.05) is 0 Å². The fraction of sp³-hybridized carbons (Fsp3) is 0. The van der Waals surface area contributed by atoms with Crippen LogP contribution in [-0.2, 0) is 0 Å². The molecule has 2 nitrogen and oxygen atoms in total. The van der Waals surface area contributed by atoms with Crippen molar-refractivity contribution in [2.45, 2.75) is 0 Å². The fourth-order valence-corrected chi connectivity index (χ4v) is 4.08. The summed E-state index contributed by atoms with van der Waals surface area (Å²) >= 11 is 0. The number of phenolic OH excluding ortho intramolecular Hbond substituents is 2. The van der Waals surface area contributed by atoms with E-state index in [1.165, 1.54) is 0 Å². The van der Waals surface area contributed by atoms with Crippen LogP contribution >= 0.6 is 0 Å². The number of rotatable bonds is 2. The average Bonchev–Trinajstić information content (AvgIpc) is 2.73. The molecule has 5 aromatic carbocycles. The van der Waals surface area contributed by atoms with Crippen LogP contribution in [0, 0.1) is 0 Å². The lowest BCUT2D eigenvalue weighted by molar-refractivity contribution is 0.477. The van der Waals surface area contributed by atoms with Crippen molar-refractivity contribution in [1.82, 2.24) is 0 Å². The molecule has 5 aromatic rings. The number of para-hydroxylation sites is 2. The van der Waals surface area contributed by atoms with E-state index in [0.717, 1.165) is 43.8 Å². The lowest BCUT2D eigenvalue weighted by atomic mass is 9.85. The highest BCUT2D eigenvalue weighted by atomic mass is 16.3. The largest absolute Gasteiger partial charge is 0.507 e. The van der Waals surface area contributed by atoms with Crippen molar-refractivity contribution in [1.29, 1.82) is 0 Å². The number of aromatic hydroxyl groups is 2. The number of benzene rings is 5. The Bertz CT molecular complexity index is 1170. The van der Waals surface area contributed by atoms with Gasteiger partial charge in [-0.1, -0.05) is 84.9 Å². The van der Waals surface area contributed by atoms with Crippen LogP contribution in [0.2, 0.25) is 0 Å². The summed E-state index contributed by atoms with van der Waals surface area (Å²) in [6, 6.07) is 31.2. The lowest BCUT2D eigenvalue weighted by Gasteiger charge is -2.18. The Hall–Kier alpha value is -3.78. The van der Waals surface area contributed by atoms with Gasteiger partial charge in [0.2, 0.25) is 0 Å². The molecular weight excluding hydrogens is 344 g/mol. The molecule has 0 aromatic heterocycles. The Balaban J connectivity index is 2.04. The van der Waals surface area contributed by atoms with Gasteiger partial charge in [-0.15, -0.1) is 0 Å². The van der Waals surface area contributed by atoms with E-state index in [1.54, 1.807) is 12.1 Å². The van der Waals surface area contributed by atoms with Gasteiger partial charge >= 0.3 is 0 Å². The number of hydrogen-bond donors (Lipinski definition) is 2. The van der Waals surface area contributed by atoms with E-state index in [-0.39, 0.29) is 11.5 Å². The van der Waals surface area contributed by atoms with E-state index < -0.39 is 0 Å². The maximum absolute atomic E-state index is 10.6. The average molecular weight is 362 g/mol. The Morgan fingerprint density at radius 3 is 0.964 bits per heavy atom. The first-order valence-corrected chi connectivity index (χ1v) is 9.26. The zero-order valence-corrected chi connectivity index (χ0v) is 15.1. The molecule has 5 rings (SSSR count). The second kappa shape index (κ2) is 6.43. The summed E-state index contributed by atoms with van der Waals surface area (Å²) in [5.74, 6) is 0.515. The van der Waals surface area contributed by atoms with E-state index in [1.807, 2.05) is 60.7 Å². The van der Waals surface area contributed by atoms with Gasteiger partial charge in [-0.2, -0.15) is 0 Å². The first-order chi connectivity index (χ1) is 13.8. The Labute approximate surface area is 162 Å². The maximum Gasteiger partial charge on any atom is 0.123 e. The second-order valence-corrected chi connectivity index (χ2v) is 6.88. The second-order valence-electron chi connectivity index (χ2n) is 6.88. The first kappa shape index (κ1) is 16.4. The summed E-state index contributed by atoms with van der Waals surface area (Å²) in [7, 11) is 0. The predicted octanol–water partition coefficient (Wildman–Crippen LogP) is 6.74. The molecule has 0 unspecified atom stereocenters. The highest BCUT2D eigenvalue weighted by Crippen LogP contribution is 2.46. The van der Waals surface area contributed by atoms with Crippen LogP contribution in [0.4, 0.5) is 0 Å².